The number of nitrogens with one attached hydrogen (secondary N) is 1. The van der Waals surface area contributed by atoms with Gasteiger partial charge in [-0.3, -0.25) is 14.5 Å². The van der Waals surface area contributed by atoms with Crippen LogP contribution in [0, 0.1) is 11.6 Å². The maximum absolute atomic E-state index is 15.0. The smallest absolute Gasteiger partial charge is 0.414 e. The monoisotopic (exact) mass is 506 g/mol. The van der Waals surface area contributed by atoms with Gasteiger partial charge in [0.1, 0.15) is 17.4 Å². The first-order chi connectivity index (χ1) is 15.7. The van der Waals surface area contributed by atoms with Crippen LogP contribution in [-0.2, 0) is 23.8 Å². The van der Waals surface area contributed by atoms with Crippen LogP contribution in [0.25, 0.3) is 0 Å². The number of esters is 1. The molecular formula is C21H29ClF2N4O6. The molecule has 2 fully saturated rings. The predicted octanol–water partition coefficient (Wildman–Crippen LogP) is 1.34. The minimum atomic E-state index is -0.906. The lowest BCUT2D eigenvalue weighted by Gasteiger charge is -2.41. The van der Waals surface area contributed by atoms with Gasteiger partial charge in [0.25, 0.3) is 0 Å². The summed E-state index contributed by atoms with van der Waals surface area (Å²) in [5, 5.41) is 2.54. The van der Waals surface area contributed by atoms with Crippen molar-refractivity contribution in [3.05, 3.63) is 23.8 Å². The lowest BCUT2D eigenvalue weighted by atomic mass is 9.91. The number of rotatable bonds is 8. The zero-order valence-electron chi connectivity index (χ0n) is 19.0. The zero-order valence-corrected chi connectivity index (χ0v) is 19.8. The molecule has 1 aromatic rings. The molecule has 2 aliphatic rings. The molecule has 0 aliphatic carbocycles. The third-order valence-corrected chi connectivity index (χ3v) is 5.66. The van der Waals surface area contributed by atoms with Gasteiger partial charge in [-0.05, 0) is 0 Å². The molecule has 13 heteroatoms. The fraction of sp³-hybridized carbons (Fsp3) is 0.571. The van der Waals surface area contributed by atoms with Crippen LogP contribution in [0.5, 0.6) is 0 Å². The lowest BCUT2D eigenvalue weighted by molar-refractivity contribution is -0.166. The maximum atomic E-state index is 15.0. The Morgan fingerprint density at radius 3 is 2.41 bits per heavy atom. The molecule has 10 nitrogen and oxygen atoms in total. The molecule has 0 aromatic heterocycles. The van der Waals surface area contributed by atoms with Gasteiger partial charge in [0.05, 0.1) is 31.9 Å². The third-order valence-electron chi connectivity index (χ3n) is 5.66. The highest BCUT2D eigenvalue weighted by molar-refractivity contribution is 5.90. The highest BCUT2D eigenvalue weighted by Crippen LogP contribution is 2.35. The Labute approximate surface area is 202 Å². The standard InChI is InChI=1S/C21H28F2N4O6.ClH/c1-13(28)25-10-15-11-27(20(30)32-15)14-7-16(22)19(17(23)8-14)26-5-3-21(4-6-26,12-31-2)33-18(29)9-24;/h7-8,15H,3-6,9-12,24H2,1-2H3,(H,25,28);1H/t15-;/m0./s1. The number of hydrogen-bond acceptors (Lipinski definition) is 8. The molecule has 0 bridgehead atoms. The molecule has 2 saturated heterocycles. The average Bonchev–Trinajstić information content (AvgIpc) is 3.14. The molecule has 2 amide bonds. The summed E-state index contributed by atoms with van der Waals surface area (Å²) in [7, 11) is 1.48. The summed E-state index contributed by atoms with van der Waals surface area (Å²) in [6.45, 7) is 1.80. The second-order valence-electron chi connectivity index (χ2n) is 8.09. The number of hydrogen-bond donors (Lipinski definition) is 2. The van der Waals surface area contributed by atoms with Gasteiger partial charge in [-0.15, -0.1) is 12.4 Å². The highest BCUT2D eigenvalue weighted by Gasteiger charge is 2.40. The highest BCUT2D eigenvalue weighted by atomic mass is 35.5. The van der Waals surface area contributed by atoms with E-state index in [1.807, 2.05) is 0 Å². The van der Waals surface area contributed by atoms with E-state index in [2.05, 4.69) is 5.32 Å². The van der Waals surface area contributed by atoms with Crippen molar-refractivity contribution in [2.75, 3.05) is 56.2 Å². The summed E-state index contributed by atoms with van der Waals surface area (Å²) >= 11 is 0. The van der Waals surface area contributed by atoms with Crippen LogP contribution in [-0.4, -0.2) is 76.1 Å². The van der Waals surface area contributed by atoms with Crippen LogP contribution in [0.15, 0.2) is 12.1 Å². The first kappa shape index (κ1) is 27.5. The largest absolute Gasteiger partial charge is 0.456 e. The molecule has 3 rings (SSSR count). The molecule has 2 heterocycles. The number of cyclic esters (lactones) is 1. The fourth-order valence-electron chi connectivity index (χ4n) is 4.07. The van der Waals surface area contributed by atoms with E-state index in [1.54, 1.807) is 0 Å². The number of piperidine rings is 1. The van der Waals surface area contributed by atoms with Crippen LogP contribution < -0.4 is 20.9 Å². The molecule has 0 saturated carbocycles. The number of carbonyl (C=O) groups is 3. The van der Waals surface area contributed by atoms with Crippen molar-refractivity contribution in [2.45, 2.75) is 31.5 Å². The van der Waals surface area contributed by atoms with Crippen molar-refractivity contribution in [3.8, 4) is 0 Å². The SMILES string of the molecule is COCC1(OC(=O)CN)CCN(c2c(F)cc(N3C[C@H](CNC(C)=O)OC3=O)cc2F)CC1.Cl. The number of methoxy groups -OCH3 is 1. The van der Waals surface area contributed by atoms with Gasteiger partial charge in [0, 0.05) is 52.1 Å². The van der Waals surface area contributed by atoms with Crippen molar-refractivity contribution in [2.24, 2.45) is 5.73 Å². The Balaban J connectivity index is 0.00000408. The van der Waals surface area contributed by atoms with Crippen molar-refractivity contribution in [1.29, 1.82) is 0 Å². The second kappa shape index (κ2) is 11.6. The van der Waals surface area contributed by atoms with E-state index in [0.717, 1.165) is 17.0 Å². The normalized spacial score (nSPS) is 19.3. The third kappa shape index (κ3) is 6.24. The van der Waals surface area contributed by atoms with Gasteiger partial charge in [0.15, 0.2) is 11.6 Å². The number of ether oxygens (including phenoxy) is 3. The van der Waals surface area contributed by atoms with Gasteiger partial charge >= 0.3 is 12.1 Å². The summed E-state index contributed by atoms with van der Waals surface area (Å²) in [6.07, 6.45) is -0.771. The van der Waals surface area contributed by atoms with Crippen LogP contribution in [0.1, 0.15) is 19.8 Å². The van der Waals surface area contributed by atoms with Crippen molar-refractivity contribution in [1.82, 2.24) is 5.32 Å². The topological polar surface area (TPSA) is 123 Å². The molecule has 190 valence electrons. The van der Waals surface area contributed by atoms with Gasteiger partial charge < -0.3 is 30.2 Å². The quantitative estimate of drug-likeness (QED) is 0.506. The molecule has 2 aliphatic heterocycles. The molecule has 0 spiro atoms. The molecule has 3 N–H and O–H groups in total. The van der Waals surface area contributed by atoms with E-state index in [1.165, 1.54) is 18.9 Å². The summed E-state index contributed by atoms with van der Waals surface area (Å²) < 4.78 is 45.8. The molecule has 1 atom stereocenters. The number of carbonyl (C=O) groups excluding carboxylic acids is 3. The van der Waals surface area contributed by atoms with E-state index in [4.69, 9.17) is 19.9 Å². The van der Waals surface area contributed by atoms with Crippen LogP contribution in [0.2, 0.25) is 0 Å². The molecule has 0 unspecified atom stereocenters. The first-order valence-corrected chi connectivity index (χ1v) is 10.6. The van der Waals surface area contributed by atoms with Gasteiger partial charge in [-0.2, -0.15) is 0 Å². The number of nitrogens with zero attached hydrogens (tertiary/aromatic N) is 2. The van der Waals surface area contributed by atoms with Gasteiger partial charge in [-0.25, -0.2) is 13.6 Å². The number of benzene rings is 1. The first-order valence-electron chi connectivity index (χ1n) is 10.6. The van der Waals surface area contributed by atoms with Crippen LogP contribution in [0.3, 0.4) is 0 Å². The Morgan fingerprint density at radius 1 is 1.26 bits per heavy atom. The second-order valence-corrected chi connectivity index (χ2v) is 8.09. The Morgan fingerprint density at radius 2 is 1.88 bits per heavy atom. The minimum absolute atomic E-state index is 0. The average molecular weight is 507 g/mol. The van der Waals surface area contributed by atoms with E-state index in [-0.39, 0.29) is 69.0 Å². The molecule has 1 aromatic carbocycles. The van der Waals surface area contributed by atoms with Crippen molar-refractivity contribution < 1.29 is 37.4 Å². The van der Waals surface area contributed by atoms with Crippen LogP contribution >= 0.6 is 12.4 Å². The van der Waals surface area contributed by atoms with Crippen LogP contribution in [0.4, 0.5) is 25.0 Å². The minimum Gasteiger partial charge on any atom is -0.456 e. The Bertz CT molecular complexity index is 890. The number of anilines is 2. The summed E-state index contributed by atoms with van der Waals surface area (Å²) in [4.78, 5) is 37.6. The molecule has 34 heavy (non-hydrogen) atoms. The number of amides is 2. The molecular weight excluding hydrogens is 478 g/mol. The lowest BCUT2D eigenvalue weighted by Crippen LogP contribution is -2.51. The Hall–Kier alpha value is -2.70. The number of halogens is 3. The summed E-state index contributed by atoms with van der Waals surface area (Å²) in [5.41, 5.74) is 4.23. The van der Waals surface area contributed by atoms with E-state index >= 15 is 0 Å². The molecule has 0 radical (unpaired) electrons. The van der Waals surface area contributed by atoms with Crippen molar-refractivity contribution >= 4 is 41.8 Å². The van der Waals surface area contributed by atoms with E-state index < -0.39 is 35.4 Å². The zero-order chi connectivity index (χ0) is 24.2. The van der Waals surface area contributed by atoms with Crippen molar-refractivity contribution in [3.63, 3.8) is 0 Å². The van der Waals surface area contributed by atoms with Gasteiger partial charge in [0.2, 0.25) is 5.91 Å². The Kier molecular flexibility index (Phi) is 9.42. The van der Waals surface area contributed by atoms with E-state index in [0.29, 0.717) is 12.8 Å². The van der Waals surface area contributed by atoms with Gasteiger partial charge in [-0.1, -0.05) is 0 Å². The fourth-order valence-corrected chi connectivity index (χ4v) is 4.07. The predicted molar refractivity (Wildman–Crippen MR) is 121 cm³/mol. The summed E-state index contributed by atoms with van der Waals surface area (Å²) in [6, 6.07) is 2.15. The number of nitrogens with two attached hydrogens (primary N) is 1. The van der Waals surface area contributed by atoms with E-state index in [9.17, 15) is 23.2 Å². The maximum Gasteiger partial charge on any atom is 0.414 e. The summed E-state index contributed by atoms with van der Waals surface area (Å²) in [5.74, 6) is -2.51.